The molecule has 16 heavy (non-hydrogen) atoms. The molecule has 0 aliphatic heterocycles. The largest absolute Gasteiger partial charge is 0.354 e. The Morgan fingerprint density at radius 3 is 2.94 bits per heavy atom. The van der Waals surface area contributed by atoms with E-state index in [1.807, 2.05) is 17.8 Å². The minimum atomic E-state index is 0.609. The van der Waals surface area contributed by atoms with Crippen LogP contribution in [0.3, 0.4) is 0 Å². The first-order chi connectivity index (χ1) is 7.79. The van der Waals surface area contributed by atoms with E-state index in [0.29, 0.717) is 6.04 Å². The molecule has 0 atom stereocenters. The second kappa shape index (κ2) is 5.01. The summed E-state index contributed by atoms with van der Waals surface area (Å²) < 4.78 is 1.86. The van der Waals surface area contributed by atoms with E-state index in [0.717, 1.165) is 18.2 Å². The summed E-state index contributed by atoms with van der Waals surface area (Å²) in [5.74, 6) is 0.880. The highest BCUT2D eigenvalue weighted by Gasteiger charge is 2.18. The summed E-state index contributed by atoms with van der Waals surface area (Å²) in [4.78, 5) is 4.20. The topological polar surface area (TPSA) is 54.2 Å². The van der Waals surface area contributed by atoms with Crippen LogP contribution in [0.4, 0.5) is 0 Å². The Bertz CT molecular complexity index is 364. The zero-order valence-corrected chi connectivity index (χ0v) is 9.90. The molecule has 0 aromatic carbocycles. The molecule has 5 heteroatoms. The molecule has 88 valence electrons. The summed E-state index contributed by atoms with van der Waals surface area (Å²) in [6.07, 6.45) is 5.65. The third kappa shape index (κ3) is 2.53. The average Bonchev–Trinajstić information content (AvgIpc) is 2.62. The molecule has 0 amide bonds. The van der Waals surface area contributed by atoms with Crippen molar-refractivity contribution in [1.82, 2.24) is 20.4 Å². The molecule has 1 saturated carbocycles. The Morgan fingerprint density at radius 1 is 1.62 bits per heavy atom. The lowest BCUT2D eigenvalue weighted by molar-refractivity contribution is 0.379. The van der Waals surface area contributed by atoms with Gasteiger partial charge in [-0.3, -0.25) is 9.67 Å². The summed E-state index contributed by atoms with van der Waals surface area (Å²) in [7, 11) is 3.75. The van der Waals surface area contributed by atoms with Crippen molar-refractivity contribution in [2.24, 2.45) is 12.0 Å². The molecule has 1 heterocycles. The summed E-state index contributed by atoms with van der Waals surface area (Å²) in [5, 5.41) is 10.8. The van der Waals surface area contributed by atoms with Gasteiger partial charge in [0.25, 0.3) is 0 Å². The zero-order valence-electron chi connectivity index (χ0n) is 9.90. The molecule has 0 unspecified atom stereocenters. The monoisotopic (exact) mass is 221 g/mol. The highest BCUT2D eigenvalue weighted by molar-refractivity contribution is 5.79. The van der Waals surface area contributed by atoms with Crippen LogP contribution in [0, 0.1) is 0 Å². The maximum Gasteiger partial charge on any atom is 0.191 e. The molecule has 2 rings (SSSR count). The lowest BCUT2D eigenvalue weighted by atomic mass is 9.93. The van der Waals surface area contributed by atoms with Crippen molar-refractivity contribution in [3.05, 3.63) is 18.0 Å². The van der Waals surface area contributed by atoms with Gasteiger partial charge in [-0.25, -0.2) is 0 Å². The van der Waals surface area contributed by atoms with Crippen molar-refractivity contribution < 1.29 is 0 Å². The van der Waals surface area contributed by atoms with Crippen LogP contribution >= 0.6 is 0 Å². The molecule has 0 radical (unpaired) electrons. The van der Waals surface area contributed by atoms with E-state index in [4.69, 9.17) is 0 Å². The predicted octanol–water partition coefficient (Wildman–Crippen LogP) is 0.638. The minimum Gasteiger partial charge on any atom is -0.354 e. The molecule has 1 fully saturated rings. The van der Waals surface area contributed by atoms with Gasteiger partial charge >= 0.3 is 0 Å². The van der Waals surface area contributed by atoms with Gasteiger partial charge in [-0.05, 0) is 25.3 Å². The number of hydrogen-bond donors (Lipinski definition) is 2. The van der Waals surface area contributed by atoms with E-state index in [1.54, 1.807) is 13.2 Å². The Kier molecular flexibility index (Phi) is 3.44. The van der Waals surface area contributed by atoms with Crippen molar-refractivity contribution in [3.8, 4) is 0 Å². The number of hydrogen-bond acceptors (Lipinski definition) is 2. The zero-order chi connectivity index (χ0) is 11.4. The Labute approximate surface area is 95.9 Å². The summed E-state index contributed by atoms with van der Waals surface area (Å²) in [6.45, 7) is 0.753. The normalized spacial score (nSPS) is 17.0. The fourth-order valence-electron chi connectivity index (χ4n) is 1.69. The predicted molar refractivity (Wildman–Crippen MR) is 64.2 cm³/mol. The molecular weight excluding hydrogens is 202 g/mol. The number of nitrogens with zero attached hydrogens (tertiary/aromatic N) is 3. The first-order valence-corrected chi connectivity index (χ1v) is 5.73. The molecule has 5 nitrogen and oxygen atoms in total. The second-order valence-electron chi connectivity index (χ2n) is 4.14. The van der Waals surface area contributed by atoms with E-state index in [-0.39, 0.29) is 0 Å². The van der Waals surface area contributed by atoms with Crippen LogP contribution < -0.4 is 10.6 Å². The second-order valence-corrected chi connectivity index (χ2v) is 4.14. The first kappa shape index (κ1) is 11.0. The Hall–Kier alpha value is -1.52. The van der Waals surface area contributed by atoms with Gasteiger partial charge in [0.15, 0.2) is 5.96 Å². The molecule has 1 aliphatic carbocycles. The van der Waals surface area contributed by atoms with E-state index in [2.05, 4.69) is 20.7 Å². The maximum atomic E-state index is 4.20. The van der Waals surface area contributed by atoms with Crippen LogP contribution in [0.2, 0.25) is 0 Å². The van der Waals surface area contributed by atoms with Crippen LogP contribution in [0.5, 0.6) is 0 Å². The van der Waals surface area contributed by atoms with E-state index < -0.39 is 0 Å². The van der Waals surface area contributed by atoms with Gasteiger partial charge in [-0.2, -0.15) is 5.10 Å². The van der Waals surface area contributed by atoms with Crippen molar-refractivity contribution in [2.75, 3.05) is 7.05 Å². The SMILES string of the molecule is CN=C(NCc1ccnn1C)NC1CCC1. The highest BCUT2D eigenvalue weighted by Crippen LogP contribution is 2.17. The van der Waals surface area contributed by atoms with Gasteiger partial charge in [0.05, 0.1) is 12.2 Å². The van der Waals surface area contributed by atoms with Crippen molar-refractivity contribution in [3.63, 3.8) is 0 Å². The van der Waals surface area contributed by atoms with Gasteiger partial charge in [0.2, 0.25) is 0 Å². The van der Waals surface area contributed by atoms with Crippen LogP contribution in [0.1, 0.15) is 25.0 Å². The number of guanidine groups is 1. The standard InChI is InChI=1S/C11H19N5/c1-12-11(15-9-4-3-5-9)13-8-10-6-7-14-16(10)2/h6-7,9H,3-5,8H2,1-2H3,(H2,12,13,15). The minimum absolute atomic E-state index is 0.609. The van der Waals surface area contributed by atoms with Crippen molar-refractivity contribution in [2.45, 2.75) is 31.8 Å². The smallest absolute Gasteiger partial charge is 0.191 e. The number of nitrogens with one attached hydrogen (secondary N) is 2. The fourth-order valence-corrected chi connectivity index (χ4v) is 1.69. The first-order valence-electron chi connectivity index (χ1n) is 5.73. The molecule has 0 saturated heterocycles. The van der Waals surface area contributed by atoms with Gasteiger partial charge < -0.3 is 10.6 Å². The van der Waals surface area contributed by atoms with Crippen LogP contribution in [0.25, 0.3) is 0 Å². The average molecular weight is 221 g/mol. The number of aliphatic imine (C=N–C) groups is 1. The lowest BCUT2D eigenvalue weighted by Gasteiger charge is -2.28. The molecule has 1 aliphatic rings. The van der Waals surface area contributed by atoms with E-state index in [9.17, 15) is 0 Å². The Morgan fingerprint density at radius 2 is 2.44 bits per heavy atom. The third-order valence-corrected chi connectivity index (χ3v) is 3.03. The molecule has 0 bridgehead atoms. The van der Waals surface area contributed by atoms with Gasteiger partial charge in [-0.1, -0.05) is 0 Å². The van der Waals surface area contributed by atoms with Gasteiger partial charge in [-0.15, -0.1) is 0 Å². The van der Waals surface area contributed by atoms with Crippen LogP contribution in [0.15, 0.2) is 17.3 Å². The number of aryl methyl sites for hydroxylation is 1. The molecule has 2 N–H and O–H groups in total. The molecule has 0 spiro atoms. The molecule has 1 aromatic rings. The number of rotatable bonds is 3. The van der Waals surface area contributed by atoms with Gasteiger partial charge in [0, 0.05) is 26.3 Å². The highest BCUT2D eigenvalue weighted by atomic mass is 15.3. The van der Waals surface area contributed by atoms with Gasteiger partial charge in [0.1, 0.15) is 0 Å². The fraction of sp³-hybridized carbons (Fsp3) is 0.636. The van der Waals surface area contributed by atoms with Crippen LogP contribution in [-0.2, 0) is 13.6 Å². The van der Waals surface area contributed by atoms with E-state index in [1.165, 1.54) is 19.3 Å². The van der Waals surface area contributed by atoms with Crippen molar-refractivity contribution in [1.29, 1.82) is 0 Å². The number of aromatic nitrogens is 2. The maximum absolute atomic E-state index is 4.20. The molecule has 1 aromatic heterocycles. The summed E-state index contributed by atoms with van der Waals surface area (Å²) in [6, 6.07) is 2.61. The summed E-state index contributed by atoms with van der Waals surface area (Å²) in [5.41, 5.74) is 1.15. The lowest BCUT2D eigenvalue weighted by Crippen LogP contribution is -2.46. The third-order valence-electron chi connectivity index (χ3n) is 3.03. The van der Waals surface area contributed by atoms with E-state index >= 15 is 0 Å². The summed E-state index contributed by atoms with van der Waals surface area (Å²) >= 11 is 0. The van der Waals surface area contributed by atoms with Crippen LogP contribution in [-0.4, -0.2) is 28.8 Å². The Balaban J connectivity index is 1.81. The quantitative estimate of drug-likeness (QED) is 0.581. The molecular formula is C11H19N5. The van der Waals surface area contributed by atoms with Crippen molar-refractivity contribution >= 4 is 5.96 Å².